The van der Waals surface area contributed by atoms with E-state index < -0.39 is 17.4 Å². The minimum absolute atomic E-state index is 0.0203. The molecule has 1 saturated carbocycles. The zero-order chi connectivity index (χ0) is 21.0. The smallest absolute Gasteiger partial charge is 0.389 e. The first kappa shape index (κ1) is 20.3. The van der Waals surface area contributed by atoms with E-state index in [9.17, 15) is 9.59 Å². The summed E-state index contributed by atoms with van der Waals surface area (Å²) in [7, 11) is 0. The van der Waals surface area contributed by atoms with Crippen LogP contribution in [0.15, 0.2) is 48.5 Å². The second kappa shape index (κ2) is 8.29. The Morgan fingerprint density at radius 3 is 2.52 bits per heavy atom. The first-order chi connectivity index (χ1) is 13.9. The van der Waals surface area contributed by atoms with Crippen molar-refractivity contribution >= 4 is 17.8 Å². The third-order valence-electron chi connectivity index (χ3n) is 5.11. The molecule has 0 heterocycles. The lowest BCUT2D eigenvalue weighted by molar-refractivity contribution is -0.473. The fourth-order valence-corrected chi connectivity index (χ4v) is 3.50. The van der Waals surface area contributed by atoms with Gasteiger partial charge in [0.2, 0.25) is 0 Å². The number of hydrogen-bond acceptors (Lipinski definition) is 5. The van der Waals surface area contributed by atoms with Crippen LogP contribution in [0.5, 0.6) is 0 Å². The number of hydrazine groups is 2. The van der Waals surface area contributed by atoms with Gasteiger partial charge in [0.1, 0.15) is 5.54 Å². The van der Waals surface area contributed by atoms with Crippen LogP contribution in [0.2, 0.25) is 0 Å². The molecule has 29 heavy (non-hydrogen) atoms. The van der Waals surface area contributed by atoms with Gasteiger partial charge in [-0.3, -0.25) is 20.7 Å². The molecule has 0 saturated heterocycles. The minimum atomic E-state index is -1.05. The van der Waals surface area contributed by atoms with Crippen molar-refractivity contribution in [1.29, 1.82) is 0 Å². The van der Waals surface area contributed by atoms with Gasteiger partial charge in [0.05, 0.1) is 6.54 Å². The molecular formula is C20H25N6O3+. The molecule has 9 nitrogen and oxygen atoms in total. The van der Waals surface area contributed by atoms with Gasteiger partial charge in [0.15, 0.2) is 0 Å². The Bertz CT molecular complexity index is 943. The number of carbonyl (C=O) groups is 2. The summed E-state index contributed by atoms with van der Waals surface area (Å²) >= 11 is 0. The lowest BCUT2D eigenvalue weighted by Crippen LogP contribution is -2.86. The molecule has 3 rings (SSSR count). The number of amides is 1. The van der Waals surface area contributed by atoms with Crippen molar-refractivity contribution in [2.45, 2.75) is 24.8 Å². The number of rotatable bonds is 6. The molecule has 9 heteroatoms. The normalized spacial score (nSPS) is 20.8. The van der Waals surface area contributed by atoms with Crippen molar-refractivity contribution in [3.8, 4) is 11.1 Å². The highest BCUT2D eigenvalue weighted by molar-refractivity contribution is 6.02. The molecule has 1 fully saturated rings. The predicted octanol–water partition coefficient (Wildman–Crippen LogP) is -1.55. The van der Waals surface area contributed by atoms with Gasteiger partial charge in [-0.05, 0) is 30.0 Å². The molecule has 152 valence electrons. The summed E-state index contributed by atoms with van der Waals surface area (Å²) in [6.07, 6.45) is 0.457. The number of aliphatic carboxylic acids is 1. The van der Waals surface area contributed by atoms with E-state index in [1.165, 1.54) is 5.56 Å². The van der Waals surface area contributed by atoms with Gasteiger partial charge in [-0.1, -0.05) is 54.1 Å². The molecule has 2 aromatic carbocycles. The van der Waals surface area contributed by atoms with Crippen molar-refractivity contribution < 1.29 is 19.8 Å². The van der Waals surface area contributed by atoms with Crippen LogP contribution in [0.3, 0.4) is 0 Å². The van der Waals surface area contributed by atoms with Crippen molar-refractivity contribution in [3.05, 3.63) is 59.7 Å². The second-order valence-corrected chi connectivity index (χ2v) is 7.08. The van der Waals surface area contributed by atoms with Gasteiger partial charge in [0, 0.05) is 5.92 Å². The molecule has 0 radical (unpaired) electrons. The molecule has 2 atom stereocenters. The van der Waals surface area contributed by atoms with Crippen LogP contribution >= 0.6 is 0 Å². The van der Waals surface area contributed by atoms with E-state index in [1.54, 1.807) is 0 Å². The SMILES string of the molecule is Cc1cccc(-c2ccc(C3CC3(NCC(=O)O)C(=O)N/C(NN)=[NH+]/N)cc2)c1. The average Bonchev–Trinajstić information content (AvgIpc) is 3.46. The van der Waals surface area contributed by atoms with Crippen LogP contribution in [-0.4, -0.2) is 35.0 Å². The van der Waals surface area contributed by atoms with Crippen LogP contribution in [-0.2, 0) is 9.59 Å². The van der Waals surface area contributed by atoms with Crippen molar-refractivity contribution in [1.82, 2.24) is 16.1 Å². The summed E-state index contributed by atoms with van der Waals surface area (Å²) < 4.78 is 0. The summed E-state index contributed by atoms with van der Waals surface area (Å²) in [4.78, 5) is 23.8. The first-order valence-corrected chi connectivity index (χ1v) is 9.15. The largest absolute Gasteiger partial charge is 0.480 e. The molecule has 1 amide bonds. The highest BCUT2D eigenvalue weighted by Gasteiger charge is 2.62. The van der Waals surface area contributed by atoms with Crippen molar-refractivity contribution in [2.75, 3.05) is 6.54 Å². The number of benzene rings is 2. The van der Waals surface area contributed by atoms with Gasteiger partial charge in [-0.2, -0.15) is 10.9 Å². The zero-order valence-corrected chi connectivity index (χ0v) is 16.0. The standard InChI is InChI=1S/C20H24N6O3/c1-12-3-2-4-15(9-12)13-5-7-14(8-6-13)16-10-20(16,23-11-17(27)28)18(29)24-19(25-21)26-22/h2-9,16,23H,10-11,21-22H2,1H3,(H,27,28)(H2,24,25,26,29)/p+1. The molecular weight excluding hydrogens is 372 g/mol. The Kier molecular flexibility index (Phi) is 5.81. The molecule has 2 aromatic rings. The fourth-order valence-electron chi connectivity index (χ4n) is 3.50. The van der Waals surface area contributed by atoms with Gasteiger partial charge in [-0.15, -0.1) is 0 Å². The van der Waals surface area contributed by atoms with E-state index in [-0.39, 0.29) is 18.4 Å². The van der Waals surface area contributed by atoms with E-state index in [2.05, 4.69) is 27.2 Å². The predicted molar refractivity (Wildman–Crippen MR) is 108 cm³/mol. The first-order valence-electron chi connectivity index (χ1n) is 9.15. The van der Waals surface area contributed by atoms with Gasteiger partial charge >= 0.3 is 17.8 Å². The van der Waals surface area contributed by atoms with Gasteiger partial charge < -0.3 is 5.11 Å². The Balaban J connectivity index is 1.81. The van der Waals surface area contributed by atoms with E-state index in [0.29, 0.717) is 6.42 Å². The number of carbonyl (C=O) groups excluding carboxylic acids is 1. The third kappa shape index (κ3) is 4.36. The molecule has 0 spiro atoms. The Hall–Kier alpha value is -3.43. The summed E-state index contributed by atoms with van der Waals surface area (Å²) in [5, 5.41) is 16.7. The number of guanidine groups is 1. The number of aryl methyl sites for hydroxylation is 1. The van der Waals surface area contributed by atoms with E-state index in [1.807, 2.05) is 49.4 Å². The maximum atomic E-state index is 12.8. The van der Waals surface area contributed by atoms with Crippen molar-refractivity contribution in [3.63, 3.8) is 0 Å². The van der Waals surface area contributed by atoms with Crippen molar-refractivity contribution in [2.24, 2.45) is 11.7 Å². The monoisotopic (exact) mass is 397 g/mol. The van der Waals surface area contributed by atoms with Crippen LogP contribution in [0.25, 0.3) is 11.1 Å². The van der Waals surface area contributed by atoms with Gasteiger partial charge in [-0.25, -0.2) is 10.7 Å². The quantitative estimate of drug-likeness (QED) is 0.135. The molecule has 0 aromatic heterocycles. The summed E-state index contributed by atoms with van der Waals surface area (Å²) in [5.41, 5.74) is 5.49. The number of hydrazone groups is 1. The lowest BCUT2D eigenvalue weighted by atomic mass is 9.99. The van der Waals surface area contributed by atoms with Crippen LogP contribution in [0.4, 0.5) is 0 Å². The second-order valence-electron chi connectivity index (χ2n) is 7.08. The van der Waals surface area contributed by atoms with Crippen LogP contribution < -0.4 is 32.8 Å². The fraction of sp³-hybridized carbons (Fsp3) is 0.250. The number of hydrogen-bond donors (Lipinski definition) is 7. The molecule has 0 bridgehead atoms. The summed E-state index contributed by atoms with van der Waals surface area (Å²) in [6, 6.07) is 16.1. The molecule has 2 unspecified atom stereocenters. The number of carboxylic acid groups (broad SMARTS) is 1. The summed E-state index contributed by atoms with van der Waals surface area (Å²) in [5.74, 6) is 8.95. The average molecular weight is 397 g/mol. The molecule has 9 N–H and O–H groups in total. The summed E-state index contributed by atoms with van der Waals surface area (Å²) in [6.45, 7) is 1.70. The highest BCUT2D eigenvalue weighted by atomic mass is 16.4. The van der Waals surface area contributed by atoms with E-state index in [4.69, 9.17) is 16.8 Å². The van der Waals surface area contributed by atoms with E-state index in [0.717, 1.165) is 16.7 Å². The lowest BCUT2D eigenvalue weighted by Gasteiger charge is -2.16. The minimum Gasteiger partial charge on any atom is -0.480 e. The van der Waals surface area contributed by atoms with Crippen LogP contribution in [0, 0.1) is 6.92 Å². The molecule has 0 aliphatic heterocycles. The maximum absolute atomic E-state index is 12.8. The number of nitrogens with one attached hydrogen (secondary N) is 4. The zero-order valence-electron chi connectivity index (χ0n) is 16.0. The van der Waals surface area contributed by atoms with E-state index >= 15 is 0 Å². The topological polar surface area (TPSA) is 156 Å². The van der Waals surface area contributed by atoms with Crippen LogP contribution in [0.1, 0.15) is 23.5 Å². The third-order valence-corrected chi connectivity index (χ3v) is 5.11. The highest BCUT2D eigenvalue weighted by Crippen LogP contribution is 2.51. The molecule has 1 aliphatic carbocycles. The Morgan fingerprint density at radius 2 is 1.93 bits per heavy atom. The number of carboxylic acids is 1. The Morgan fingerprint density at radius 1 is 1.21 bits per heavy atom. The maximum Gasteiger partial charge on any atom is 0.389 e. The molecule has 1 aliphatic rings. The number of nitrogens with two attached hydrogens (primary N) is 2. The van der Waals surface area contributed by atoms with Gasteiger partial charge in [0.25, 0.3) is 0 Å². The Labute approximate surface area is 168 Å².